The molecule has 1 heterocycles. The number of halogens is 1. The first kappa shape index (κ1) is 21.0. The van der Waals surface area contributed by atoms with Crippen molar-refractivity contribution in [2.75, 3.05) is 16.4 Å². The number of amides is 2. The molecular formula is C22H22FN5O2S. The number of carbonyl (C=O) groups is 2. The number of H-pyrrole nitrogens is 1. The molecule has 1 aliphatic carbocycles. The van der Waals surface area contributed by atoms with Crippen molar-refractivity contribution in [1.82, 2.24) is 15.2 Å². The summed E-state index contributed by atoms with van der Waals surface area (Å²) in [6.45, 7) is 1.74. The van der Waals surface area contributed by atoms with E-state index in [9.17, 15) is 14.0 Å². The minimum atomic E-state index is -0.423. The highest BCUT2D eigenvalue weighted by Crippen LogP contribution is 2.38. The van der Waals surface area contributed by atoms with Gasteiger partial charge in [0.05, 0.1) is 11.0 Å². The highest BCUT2D eigenvalue weighted by molar-refractivity contribution is 8.01. The number of hydrogen-bond acceptors (Lipinski definition) is 5. The third kappa shape index (κ3) is 5.69. The first-order chi connectivity index (χ1) is 15.0. The van der Waals surface area contributed by atoms with E-state index in [1.807, 2.05) is 12.1 Å². The predicted octanol–water partition coefficient (Wildman–Crippen LogP) is 4.19. The molecule has 1 fully saturated rings. The molecule has 3 N–H and O–H groups in total. The zero-order valence-corrected chi connectivity index (χ0v) is 17.7. The number of carbonyl (C=O) groups excluding carboxylic acids is 2. The lowest BCUT2D eigenvalue weighted by Gasteiger charge is -2.12. The molecule has 4 rings (SSSR count). The first-order valence-electron chi connectivity index (χ1n) is 9.98. The average molecular weight is 440 g/mol. The van der Waals surface area contributed by atoms with Crippen LogP contribution < -0.4 is 10.6 Å². The van der Waals surface area contributed by atoms with Gasteiger partial charge in [0.2, 0.25) is 11.8 Å². The van der Waals surface area contributed by atoms with Gasteiger partial charge in [-0.1, -0.05) is 0 Å². The molecule has 7 nitrogen and oxygen atoms in total. The smallest absolute Gasteiger partial charge is 0.237 e. The van der Waals surface area contributed by atoms with Gasteiger partial charge in [-0.25, -0.2) is 9.37 Å². The van der Waals surface area contributed by atoms with Gasteiger partial charge in [0.1, 0.15) is 11.6 Å². The Morgan fingerprint density at radius 3 is 2.42 bits per heavy atom. The second kappa shape index (κ2) is 9.30. The van der Waals surface area contributed by atoms with Crippen LogP contribution in [0.2, 0.25) is 0 Å². The fraction of sp³-hybridized carbons (Fsp3) is 0.273. The first-order valence-corrected chi connectivity index (χ1v) is 11.0. The van der Waals surface area contributed by atoms with Crippen molar-refractivity contribution in [1.29, 1.82) is 0 Å². The van der Waals surface area contributed by atoms with Crippen LogP contribution in [0.1, 0.15) is 31.5 Å². The van der Waals surface area contributed by atoms with Crippen molar-refractivity contribution in [2.45, 2.75) is 30.9 Å². The van der Waals surface area contributed by atoms with Crippen molar-refractivity contribution in [3.05, 3.63) is 60.2 Å². The van der Waals surface area contributed by atoms with Gasteiger partial charge in [-0.05, 0) is 68.3 Å². The monoisotopic (exact) mass is 439 g/mol. The quantitative estimate of drug-likeness (QED) is 0.489. The minimum absolute atomic E-state index is 0.110. The highest BCUT2D eigenvalue weighted by Gasteiger charge is 2.27. The van der Waals surface area contributed by atoms with Gasteiger partial charge in [-0.15, -0.1) is 11.8 Å². The standard InChI is InChI=1S/C22H22FN5O2S/c1-13(31-12-19(29)24-17-10-6-16(23)7-11-17)22(30)25-18-8-4-15(5-9-18)21-26-20(27-28-21)14-2-3-14/h4-11,13-14H,2-3,12H2,1H3,(H,24,29)(H,25,30)(H,26,27,28). The Bertz CT molecular complexity index is 1060. The zero-order chi connectivity index (χ0) is 21.8. The Balaban J connectivity index is 1.25. The molecule has 2 aromatic carbocycles. The zero-order valence-electron chi connectivity index (χ0n) is 16.9. The second-order valence-electron chi connectivity index (χ2n) is 7.39. The number of thioether (sulfide) groups is 1. The van der Waals surface area contributed by atoms with Crippen LogP contribution in [0.25, 0.3) is 11.4 Å². The van der Waals surface area contributed by atoms with Crippen LogP contribution in [0.15, 0.2) is 48.5 Å². The summed E-state index contributed by atoms with van der Waals surface area (Å²) in [7, 11) is 0. The Labute approximate surface area is 183 Å². The van der Waals surface area contributed by atoms with E-state index in [0.717, 1.165) is 24.2 Å². The topological polar surface area (TPSA) is 99.8 Å². The Morgan fingerprint density at radius 1 is 1.10 bits per heavy atom. The number of hydrogen-bond donors (Lipinski definition) is 3. The maximum absolute atomic E-state index is 12.9. The number of rotatable bonds is 8. The third-order valence-corrected chi connectivity index (χ3v) is 5.98. The van der Waals surface area contributed by atoms with Crippen molar-refractivity contribution in [2.24, 2.45) is 0 Å². The summed E-state index contributed by atoms with van der Waals surface area (Å²) >= 11 is 1.22. The van der Waals surface area contributed by atoms with Gasteiger partial charge in [0, 0.05) is 22.9 Å². The molecule has 1 aromatic heterocycles. The van der Waals surface area contributed by atoms with Crippen molar-refractivity contribution < 1.29 is 14.0 Å². The molecule has 0 bridgehead atoms. The molecular weight excluding hydrogens is 417 g/mol. The molecule has 1 aliphatic rings. The van der Waals surface area contributed by atoms with Crippen LogP contribution >= 0.6 is 11.8 Å². The molecule has 1 unspecified atom stereocenters. The molecule has 0 aliphatic heterocycles. The molecule has 31 heavy (non-hydrogen) atoms. The summed E-state index contributed by atoms with van der Waals surface area (Å²) in [5.41, 5.74) is 2.05. The molecule has 3 aromatic rings. The van der Waals surface area contributed by atoms with E-state index in [4.69, 9.17) is 0 Å². The lowest BCUT2D eigenvalue weighted by Crippen LogP contribution is -2.25. The molecule has 1 atom stereocenters. The lowest BCUT2D eigenvalue weighted by atomic mass is 10.2. The predicted molar refractivity (Wildman–Crippen MR) is 119 cm³/mol. The average Bonchev–Trinajstić information content (AvgIpc) is 3.51. The fourth-order valence-corrected chi connectivity index (χ4v) is 3.58. The summed E-state index contributed by atoms with van der Waals surface area (Å²) in [5, 5.41) is 12.3. The lowest BCUT2D eigenvalue weighted by molar-refractivity contribution is -0.115. The van der Waals surface area contributed by atoms with Crippen LogP contribution in [0.5, 0.6) is 0 Å². The second-order valence-corrected chi connectivity index (χ2v) is 8.72. The van der Waals surface area contributed by atoms with E-state index >= 15 is 0 Å². The van der Waals surface area contributed by atoms with Gasteiger partial charge in [0.15, 0.2) is 5.82 Å². The number of nitrogens with one attached hydrogen (secondary N) is 3. The molecule has 9 heteroatoms. The fourth-order valence-electron chi connectivity index (χ4n) is 2.90. The Morgan fingerprint density at radius 2 is 1.74 bits per heavy atom. The molecule has 0 radical (unpaired) electrons. The van der Waals surface area contributed by atoms with Crippen molar-refractivity contribution in [3.63, 3.8) is 0 Å². The molecule has 160 valence electrons. The van der Waals surface area contributed by atoms with Crippen LogP contribution in [0.3, 0.4) is 0 Å². The van der Waals surface area contributed by atoms with Gasteiger partial charge in [0.25, 0.3) is 0 Å². The largest absolute Gasteiger partial charge is 0.325 e. The van der Waals surface area contributed by atoms with Crippen LogP contribution in [0.4, 0.5) is 15.8 Å². The number of benzene rings is 2. The Hall–Kier alpha value is -3.20. The Kier molecular flexibility index (Phi) is 6.31. The van der Waals surface area contributed by atoms with Crippen molar-refractivity contribution >= 4 is 35.0 Å². The third-order valence-electron chi connectivity index (χ3n) is 4.84. The van der Waals surface area contributed by atoms with E-state index < -0.39 is 5.25 Å². The van der Waals surface area contributed by atoms with Gasteiger partial charge in [-0.3, -0.25) is 14.7 Å². The van der Waals surface area contributed by atoms with Gasteiger partial charge < -0.3 is 10.6 Å². The van der Waals surface area contributed by atoms with E-state index in [1.165, 1.54) is 36.0 Å². The van der Waals surface area contributed by atoms with Crippen molar-refractivity contribution in [3.8, 4) is 11.4 Å². The number of aromatic amines is 1. The molecule has 0 saturated heterocycles. The summed E-state index contributed by atoms with van der Waals surface area (Å²) in [6, 6.07) is 12.9. The van der Waals surface area contributed by atoms with E-state index in [0.29, 0.717) is 23.1 Å². The summed E-state index contributed by atoms with van der Waals surface area (Å²) < 4.78 is 12.9. The highest BCUT2D eigenvalue weighted by atomic mass is 32.2. The summed E-state index contributed by atoms with van der Waals surface area (Å²) in [6.07, 6.45) is 2.31. The number of nitrogens with zero attached hydrogens (tertiary/aromatic N) is 2. The maximum atomic E-state index is 12.9. The van der Waals surface area contributed by atoms with Gasteiger partial charge >= 0.3 is 0 Å². The summed E-state index contributed by atoms with van der Waals surface area (Å²) in [4.78, 5) is 29.0. The number of anilines is 2. The normalized spacial score (nSPS) is 14.1. The maximum Gasteiger partial charge on any atom is 0.237 e. The number of aromatic nitrogens is 3. The molecule has 2 amide bonds. The van der Waals surface area contributed by atoms with E-state index in [-0.39, 0.29) is 23.4 Å². The van der Waals surface area contributed by atoms with Crippen LogP contribution in [-0.2, 0) is 9.59 Å². The SMILES string of the molecule is CC(SCC(=O)Nc1ccc(F)cc1)C(=O)Nc1ccc(-c2n[nH]c(C3CC3)n2)cc1. The molecule has 1 saturated carbocycles. The van der Waals surface area contributed by atoms with Crippen LogP contribution in [0, 0.1) is 5.82 Å². The summed E-state index contributed by atoms with van der Waals surface area (Å²) in [5.74, 6) is 1.39. The van der Waals surface area contributed by atoms with Crippen LogP contribution in [-0.4, -0.2) is 38.0 Å². The van der Waals surface area contributed by atoms with E-state index in [1.54, 1.807) is 19.1 Å². The van der Waals surface area contributed by atoms with Gasteiger partial charge in [-0.2, -0.15) is 5.10 Å². The van der Waals surface area contributed by atoms with E-state index in [2.05, 4.69) is 25.8 Å². The molecule has 0 spiro atoms. The minimum Gasteiger partial charge on any atom is -0.325 e.